The van der Waals surface area contributed by atoms with Gasteiger partial charge in [-0.15, -0.1) is 0 Å². The number of amides is 1. The molecule has 0 bridgehead atoms. The zero-order valence-corrected chi connectivity index (χ0v) is 10.2. The van der Waals surface area contributed by atoms with Crippen LogP contribution in [0.5, 0.6) is 5.75 Å². The molecule has 1 fully saturated rings. The van der Waals surface area contributed by atoms with E-state index in [2.05, 4.69) is 5.32 Å². The van der Waals surface area contributed by atoms with Crippen LogP contribution in [0, 0.1) is 5.92 Å². The van der Waals surface area contributed by atoms with Crippen LogP contribution in [0.15, 0.2) is 24.3 Å². The molecule has 0 spiro atoms. The van der Waals surface area contributed by atoms with Gasteiger partial charge in [0.25, 0.3) is 0 Å². The first-order valence-electron chi connectivity index (χ1n) is 6.41. The Morgan fingerprint density at radius 1 is 1.44 bits per heavy atom. The number of rotatable bonds is 3. The van der Waals surface area contributed by atoms with E-state index < -0.39 is 5.60 Å². The number of para-hydroxylation sites is 1. The van der Waals surface area contributed by atoms with E-state index in [0.29, 0.717) is 18.8 Å². The Labute approximate surface area is 106 Å². The van der Waals surface area contributed by atoms with Crippen molar-refractivity contribution >= 4 is 5.91 Å². The fraction of sp³-hybridized carbons (Fsp3) is 0.500. The molecule has 1 atom stereocenters. The van der Waals surface area contributed by atoms with Crippen LogP contribution < -0.4 is 10.1 Å². The summed E-state index contributed by atoms with van der Waals surface area (Å²) in [5.74, 6) is 0.947. The Morgan fingerprint density at radius 2 is 2.22 bits per heavy atom. The highest BCUT2D eigenvalue weighted by molar-refractivity contribution is 5.80. The van der Waals surface area contributed by atoms with Crippen LogP contribution in [-0.4, -0.2) is 24.2 Å². The molecule has 0 aromatic heterocycles. The summed E-state index contributed by atoms with van der Waals surface area (Å²) in [6.45, 7) is 0.746. The second-order valence-corrected chi connectivity index (χ2v) is 5.12. The zero-order valence-electron chi connectivity index (χ0n) is 10.2. The quantitative estimate of drug-likeness (QED) is 0.843. The number of ether oxygens (including phenoxy) is 1. The van der Waals surface area contributed by atoms with Gasteiger partial charge in [-0.25, -0.2) is 0 Å². The van der Waals surface area contributed by atoms with Crippen LogP contribution in [-0.2, 0) is 10.4 Å². The third-order valence-electron chi connectivity index (χ3n) is 3.66. The van der Waals surface area contributed by atoms with Gasteiger partial charge in [-0.05, 0) is 18.9 Å². The third-order valence-corrected chi connectivity index (χ3v) is 3.66. The normalized spacial score (nSPS) is 26.1. The highest BCUT2D eigenvalue weighted by atomic mass is 16.5. The SMILES string of the molecule is O=C(NC[C@@]1(O)CCOc2ccccc21)C1CC1. The molecule has 3 rings (SSSR count). The van der Waals surface area contributed by atoms with Crippen molar-refractivity contribution in [3.05, 3.63) is 29.8 Å². The van der Waals surface area contributed by atoms with Gasteiger partial charge in [-0.2, -0.15) is 0 Å². The van der Waals surface area contributed by atoms with Gasteiger partial charge in [0.05, 0.1) is 13.2 Å². The van der Waals surface area contributed by atoms with E-state index in [4.69, 9.17) is 4.74 Å². The summed E-state index contributed by atoms with van der Waals surface area (Å²) in [5.41, 5.74) is -0.230. The lowest BCUT2D eigenvalue weighted by Gasteiger charge is -2.34. The number of aliphatic hydroxyl groups is 1. The van der Waals surface area contributed by atoms with E-state index in [0.717, 1.165) is 18.4 Å². The minimum Gasteiger partial charge on any atom is -0.493 e. The lowest BCUT2D eigenvalue weighted by Crippen LogP contribution is -2.44. The van der Waals surface area contributed by atoms with E-state index >= 15 is 0 Å². The molecule has 18 heavy (non-hydrogen) atoms. The first kappa shape index (κ1) is 11.5. The molecule has 1 amide bonds. The van der Waals surface area contributed by atoms with Gasteiger partial charge >= 0.3 is 0 Å². The van der Waals surface area contributed by atoms with Gasteiger partial charge in [0.2, 0.25) is 5.91 Å². The summed E-state index contributed by atoms with van der Waals surface area (Å²) in [6.07, 6.45) is 2.46. The van der Waals surface area contributed by atoms with Crippen LogP contribution in [0.25, 0.3) is 0 Å². The molecule has 1 aliphatic carbocycles. The van der Waals surface area contributed by atoms with E-state index in [1.54, 1.807) is 0 Å². The second-order valence-electron chi connectivity index (χ2n) is 5.12. The summed E-state index contributed by atoms with van der Waals surface area (Å²) in [6, 6.07) is 7.47. The highest BCUT2D eigenvalue weighted by Crippen LogP contribution is 2.36. The van der Waals surface area contributed by atoms with Gasteiger partial charge in [0, 0.05) is 17.9 Å². The van der Waals surface area contributed by atoms with E-state index in [1.807, 2.05) is 24.3 Å². The number of hydrogen-bond acceptors (Lipinski definition) is 3. The molecule has 2 aliphatic rings. The summed E-state index contributed by atoms with van der Waals surface area (Å²) in [7, 11) is 0. The van der Waals surface area contributed by atoms with Crippen LogP contribution in [0.2, 0.25) is 0 Å². The van der Waals surface area contributed by atoms with Gasteiger partial charge in [0.15, 0.2) is 0 Å². The van der Waals surface area contributed by atoms with Crippen molar-refractivity contribution in [1.29, 1.82) is 0 Å². The van der Waals surface area contributed by atoms with Crippen molar-refractivity contribution in [3.8, 4) is 5.75 Å². The third kappa shape index (κ3) is 2.08. The topological polar surface area (TPSA) is 58.6 Å². The lowest BCUT2D eigenvalue weighted by molar-refractivity contribution is -0.124. The van der Waals surface area contributed by atoms with Crippen LogP contribution >= 0.6 is 0 Å². The Morgan fingerprint density at radius 3 is 3.00 bits per heavy atom. The first-order chi connectivity index (χ1) is 8.69. The average Bonchev–Trinajstić information content (AvgIpc) is 3.21. The van der Waals surface area contributed by atoms with Crippen molar-refractivity contribution in [1.82, 2.24) is 5.32 Å². The van der Waals surface area contributed by atoms with Crippen molar-refractivity contribution in [3.63, 3.8) is 0 Å². The van der Waals surface area contributed by atoms with Crippen molar-refractivity contribution in [2.24, 2.45) is 5.92 Å². The number of carbonyl (C=O) groups excluding carboxylic acids is 1. The number of benzene rings is 1. The molecular formula is C14H17NO3. The molecule has 2 N–H and O–H groups in total. The van der Waals surface area contributed by atoms with E-state index in [-0.39, 0.29) is 18.4 Å². The van der Waals surface area contributed by atoms with Crippen molar-refractivity contribution in [2.45, 2.75) is 24.9 Å². The minimum absolute atomic E-state index is 0.0624. The summed E-state index contributed by atoms with van der Waals surface area (Å²) >= 11 is 0. The van der Waals surface area contributed by atoms with Gasteiger partial charge in [-0.3, -0.25) is 4.79 Å². The molecule has 0 unspecified atom stereocenters. The molecule has 0 saturated heterocycles. The van der Waals surface area contributed by atoms with Crippen molar-refractivity contribution < 1.29 is 14.6 Å². The summed E-state index contributed by atoms with van der Waals surface area (Å²) in [4.78, 5) is 11.6. The molecule has 1 aromatic carbocycles. The number of hydrogen-bond donors (Lipinski definition) is 2. The van der Waals surface area contributed by atoms with E-state index in [9.17, 15) is 9.90 Å². The standard InChI is InChI=1S/C14H17NO3/c16-13(10-5-6-10)15-9-14(17)7-8-18-12-4-2-1-3-11(12)14/h1-4,10,17H,5-9H2,(H,15,16)/t14-/m0/s1. The van der Waals surface area contributed by atoms with Crippen LogP contribution in [0.1, 0.15) is 24.8 Å². The Hall–Kier alpha value is -1.55. The molecule has 4 nitrogen and oxygen atoms in total. The molecule has 4 heteroatoms. The molecular weight excluding hydrogens is 230 g/mol. The minimum atomic E-state index is -1.00. The number of fused-ring (bicyclic) bond motifs is 1. The van der Waals surface area contributed by atoms with Gasteiger partial charge < -0.3 is 15.2 Å². The fourth-order valence-electron chi connectivity index (χ4n) is 2.35. The van der Waals surface area contributed by atoms with Crippen LogP contribution in [0.3, 0.4) is 0 Å². The molecule has 1 heterocycles. The maximum Gasteiger partial charge on any atom is 0.223 e. The average molecular weight is 247 g/mol. The fourth-order valence-corrected chi connectivity index (χ4v) is 2.35. The van der Waals surface area contributed by atoms with Gasteiger partial charge in [0.1, 0.15) is 11.4 Å². The predicted octanol–water partition coefficient (Wildman–Crippen LogP) is 1.18. The molecule has 1 saturated carbocycles. The molecule has 1 aromatic rings. The number of carbonyl (C=O) groups is 1. The largest absolute Gasteiger partial charge is 0.493 e. The molecule has 0 radical (unpaired) electrons. The molecule has 96 valence electrons. The Balaban J connectivity index is 1.75. The molecule has 1 aliphatic heterocycles. The summed E-state index contributed by atoms with van der Waals surface area (Å²) < 4.78 is 5.51. The Bertz CT molecular complexity index is 470. The first-order valence-corrected chi connectivity index (χ1v) is 6.41. The summed E-state index contributed by atoms with van der Waals surface area (Å²) in [5, 5.41) is 13.5. The Kier molecular flexibility index (Phi) is 2.74. The smallest absolute Gasteiger partial charge is 0.223 e. The van der Waals surface area contributed by atoms with Gasteiger partial charge in [-0.1, -0.05) is 18.2 Å². The predicted molar refractivity (Wildman–Crippen MR) is 66.2 cm³/mol. The van der Waals surface area contributed by atoms with E-state index in [1.165, 1.54) is 0 Å². The maximum atomic E-state index is 11.6. The van der Waals surface area contributed by atoms with Crippen LogP contribution in [0.4, 0.5) is 0 Å². The zero-order chi connectivity index (χ0) is 12.6. The monoisotopic (exact) mass is 247 g/mol. The lowest BCUT2D eigenvalue weighted by atomic mass is 9.88. The number of nitrogens with one attached hydrogen (secondary N) is 1. The second kappa shape index (κ2) is 4.28. The maximum absolute atomic E-state index is 11.6. The van der Waals surface area contributed by atoms with Crippen molar-refractivity contribution in [2.75, 3.05) is 13.2 Å². The highest BCUT2D eigenvalue weighted by Gasteiger charge is 2.37.